The summed E-state index contributed by atoms with van der Waals surface area (Å²) in [6.07, 6.45) is -1.03. The Morgan fingerprint density at radius 1 is 0.941 bits per heavy atom. The highest BCUT2D eigenvalue weighted by atomic mass is 16.6. The van der Waals surface area contributed by atoms with Crippen molar-refractivity contribution in [2.24, 2.45) is 5.11 Å². The van der Waals surface area contributed by atoms with Crippen molar-refractivity contribution in [3.05, 3.63) is 164 Å². The summed E-state index contributed by atoms with van der Waals surface area (Å²) < 4.78 is 25.3. The molecule has 0 saturated carbocycles. The molecule has 1 aliphatic heterocycles. The van der Waals surface area contributed by atoms with Gasteiger partial charge in [-0.1, -0.05) is 77.9 Å². The van der Waals surface area contributed by atoms with E-state index in [1.807, 2.05) is 78.9 Å². The number of methoxy groups -OCH3 is 2. The highest BCUT2D eigenvalue weighted by Gasteiger charge is 2.42. The quantitative estimate of drug-likeness (QED) is 0.0659. The van der Waals surface area contributed by atoms with Gasteiger partial charge in [-0.2, -0.15) is 4.98 Å². The molecule has 2 heterocycles. The number of aliphatic hydroxyl groups excluding tert-OH is 1. The summed E-state index contributed by atoms with van der Waals surface area (Å²) in [6.45, 7) is -0.0375. The van der Waals surface area contributed by atoms with Gasteiger partial charge < -0.3 is 29.4 Å². The van der Waals surface area contributed by atoms with Crippen LogP contribution in [0.5, 0.6) is 11.5 Å². The van der Waals surface area contributed by atoms with Crippen LogP contribution in [0.4, 0.5) is 5.82 Å². The van der Waals surface area contributed by atoms with Gasteiger partial charge in [-0.3, -0.25) is 9.36 Å². The Balaban J connectivity index is 1.24. The molecule has 51 heavy (non-hydrogen) atoms. The number of nitrogens with one attached hydrogen (secondary N) is 1. The first-order valence-electron chi connectivity index (χ1n) is 16.2. The van der Waals surface area contributed by atoms with Crippen molar-refractivity contribution < 1.29 is 28.8 Å². The summed E-state index contributed by atoms with van der Waals surface area (Å²) in [4.78, 5) is 32.9. The Hall–Kier alpha value is -5.98. The van der Waals surface area contributed by atoms with Crippen LogP contribution < -0.4 is 20.5 Å². The van der Waals surface area contributed by atoms with Crippen LogP contribution in [0.15, 0.2) is 125 Å². The molecule has 1 amide bonds. The number of aliphatic hydroxyl groups is 1. The van der Waals surface area contributed by atoms with Crippen LogP contribution in [-0.2, 0) is 21.6 Å². The van der Waals surface area contributed by atoms with Crippen molar-refractivity contribution in [1.82, 2.24) is 9.55 Å². The summed E-state index contributed by atoms with van der Waals surface area (Å²) >= 11 is 0. The first-order valence-corrected chi connectivity index (χ1v) is 16.2. The third kappa shape index (κ3) is 7.47. The first kappa shape index (κ1) is 34.9. The molecule has 1 aliphatic rings. The van der Waals surface area contributed by atoms with Gasteiger partial charge in [0.2, 0.25) is 0 Å². The predicted octanol–water partition coefficient (Wildman–Crippen LogP) is 5.98. The van der Waals surface area contributed by atoms with E-state index in [2.05, 4.69) is 20.3 Å². The zero-order valence-corrected chi connectivity index (χ0v) is 28.0. The Labute approximate surface area is 293 Å². The van der Waals surface area contributed by atoms with Crippen molar-refractivity contribution in [3.63, 3.8) is 0 Å². The van der Waals surface area contributed by atoms with E-state index < -0.39 is 35.6 Å². The average molecular weight is 689 g/mol. The lowest BCUT2D eigenvalue weighted by molar-refractivity contribution is -0.0944. The molecule has 0 radical (unpaired) electrons. The molecule has 6 rings (SSSR count). The zero-order valence-electron chi connectivity index (χ0n) is 28.0. The second kappa shape index (κ2) is 15.7. The third-order valence-electron chi connectivity index (χ3n) is 8.79. The molecule has 1 aromatic heterocycles. The van der Waals surface area contributed by atoms with Crippen LogP contribution in [0.2, 0.25) is 0 Å². The molecule has 13 nitrogen and oxygen atoms in total. The molecule has 2 N–H and O–H groups in total. The van der Waals surface area contributed by atoms with Crippen molar-refractivity contribution in [2.45, 2.75) is 37.0 Å². The molecule has 1 fully saturated rings. The number of amides is 1. The SMILES string of the molecule is COc1ccc(C(OC[C@H]2O[C@@H](n3ccc(NC(=O)c4ccccc4CN=[N+]=[N-])nc3=O)C[C@@H]2O)(c2ccccc2)c2ccc(OC)cc2)cc1. The van der Waals surface area contributed by atoms with Crippen molar-refractivity contribution in [2.75, 3.05) is 26.1 Å². The van der Waals surface area contributed by atoms with Gasteiger partial charge in [-0.15, -0.1) is 0 Å². The fraction of sp³-hybridized carbons (Fsp3) is 0.237. The molecule has 4 aromatic carbocycles. The summed E-state index contributed by atoms with van der Waals surface area (Å²) in [5.41, 5.74) is 10.2. The van der Waals surface area contributed by atoms with Crippen LogP contribution >= 0.6 is 0 Å². The van der Waals surface area contributed by atoms with E-state index >= 15 is 0 Å². The Morgan fingerprint density at radius 2 is 1.55 bits per heavy atom. The number of carbonyl (C=O) groups excluding carboxylic acids is 1. The molecule has 0 spiro atoms. The lowest BCUT2D eigenvalue weighted by atomic mass is 9.80. The molecule has 0 bridgehead atoms. The summed E-state index contributed by atoms with van der Waals surface area (Å²) in [7, 11) is 3.21. The monoisotopic (exact) mass is 688 g/mol. The fourth-order valence-corrected chi connectivity index (χ4v) is 6.19. The minimum Gasteiger partial charge on any atom is -0.497 e. The first-order chi connectivity index (χ1) is 24.9. The van der Waals surface area contributed by atoms with Crippen molar-refractivity contribution >= 4 is 11.7 Å². The highest BCUT2D eigenvalue weighted by Crippen LogP contribution is 2.42. The maximum atomic E-state index is 13.2. The average Bonchev–Trinajstić information content (AvgIpc) is 3.54. The van der Waals surface area contributed by atoms with Crippen LogP contribution in [0.25, 0.3) is 10.4 Å². The van der Waals surface area contributed by atoms with Crippen molar-refractivity contribution in [1.29, 1.82) is 0 Å². The molecule has 0 unspecified atom stereocenters. The molecular weight excluding hydrogens is 652 g/mol. The van der Waals surface area contributed by atoms with Gasteiger partial charge in [0, 0.05) is 23.1 Å². The molecule has 260 valence electrons. The number of hydrogen-bond donors (Lipinski definition) is 2. The number of carbonyl (C=O) groups is 1. The number of azide groups is 1. The second-order valence-electron chi connectivity index (χ2n) is 11.8. The smallest absolute Gasteiger partial charge is 0.351 e. The fourth-order valence-electron chi connectivity index (χ4n) is 6.19. The van der Waals surface area contributed by atoms with Gasteiger partial charge in [0.15, 0.2) is 0 Å². The number of ether oxygens (including phenoxy) is 4. The van der Waals surface area contributed by atoms with E-state index in [9.17, 15) is 14.7 Å². The van der Waals surface area contributed by atoms with Gasteiger partial charge in [0.1, 0.15) is 35.2 Å². The molecule has 0 aliphatic carbocycles. The van der Waals surface area contributed by atoms with E-state index in [0.29, 0.717) is 17.1 Å². The number of anilines is 1. The Kier molecular flexibility index (Phi) is 10.7. The molecular formula is C38H36N6O7. The van der Waals surface area contributed by atoms with Crippen LogP contribution in [0, 0.1) is 0 Å². The Morgan fingerprint density at radius 3 is 2.16 bits per heavy atom. The normalized spacial score (nSPS) is 17.0. The lowest BCUT2D eigenvalue weighted by Gasteiger charge is -2.37. The van der Waals surface area contributed by atoms with E-state index in [1.165, 1.54) is 16.8 Å². The van der Waals surface area contributed by atoms with Crippen LogP contribution in [0.3, 0.4) is 0 Å². The van der Waals surface area contributed by atoms with Gasteiger partial charge >= 0.3 is 5.69 Å². The number of hydrogen-bond acceptors (Lipinski definition) is 9. The highest BCUT2D eigenvalue weighted by molar-refractivity contribution is 6.04. The third-order valence-corrected chi connectivity index (χ3v) is 8.79. The predicted molar refractivity (Wildman–Crippen MR) is 189 cm³/mol. The summed E-state index contributed by atoms with van der Waals surface area (Å²) in [5, 5.41) is 17.3. The van der Waals surface area contributed by atoms with E-state index in [1.54, 1.807) is 38.5 Å². The number of rotatable bonds is 13. The standard InChI is InChI=1S/C38H36N6O7/c1-48-29-16-12-27(13-17-29)38(26-9-4-3-5-10-26,28-14-18-30(49-2)19-15-28)50-24-33-32(45)22-35(51-33)44-21-20-34(42-37(44)47)41-36(46)31-11-7-6-8-25(31)23-40-43-39/h3-21,32-33,35,45H,22-24H2,1-2H3,(H,41,42,46,47)/t32-,33+,35+/m0/s1. The van der Waals surface area contributed by atoms with Gasteiger partial charge in [-0.05, 0) is 64.2 Å². The maximum absolute atomic E-state index is 13.2. The van der Waals surface area contributed by atoms with E-state index in [0.717, 1.165) is 16.7 Å². The maximum Gasteiger partial charge on any atom is 0.351 e. The van der Waals surface area contributed by atoms with Gasteiger partial charge in [-0.25, -0.2) is 4.79 Å². The lowest BCUT2D eigenvalue weighted by Crippen LogP contribution is -2.38. The number of aromatic nitrogens is 2. The number of benzene rings is 4. The minimum atomic E-state index is -1.13. The topological polar surface area (TPSA) is 170 Å². The van der Waals surface area contributed by atoms with Gasteiger partial charge in [0.05, 0.1) is 33.5 Å². The zero-order chi connectivity index (χ0) is 35.8. The van der Waals surface area contributed by atoms with Crippen LogP contribution in [-0.4, -0.2) is 53.6 Å². The molecule has 1 saturated heterocycles. The largest absolute Gasteiger partial charge is 0.497 e. The second-order valence-corrected chi connectivity index (χ2v) is 11.8. The number of nitrogens with zero attached hydrogens (tertiary/aromatic N) is 5. The molecule has 3 atom stereocenters. The molecule has 13 heteroatoms. The summed E-state index contributed by atoms with van der Waals surface area (Å²) in [6, 6.07) is 33.1. The van der Waals surface area contributed by atoms with Crippen LogP contribution in [0.1, 0.15) is 45.3 Å². The summed E-state index contributed by atoms with van der Waals surface area (Å²) in [5.74, 6) is 0.897. The molecule has 5 aromatic rings. The minimum absolute atomic E-state index is 0.00595. The van der Waals surface area contributed by atoms with E-state index in [-0.39, 0.29) is 31.0 Å². The van der Waals surface area contributed by atoms with Crippen molar-refractivity contribution in [3.8, 4) is 11.5 Å². The van der Waals surface area contributed by atoms with E-state index in [4.69, 9.17) is 24.5 Å². The Bertz CT molecular complexity index is 2020. The van der Waals surface area contributed by atoms with Gasteiger partial charge in [0.25, 0.3) is 5.91 Å².